The monoisotopic (exact) mass is 427 g/mol. The maximum atomic E-state index is 12.4. The number of urea groups is 1. The minimum atomic E-state index is -0.376. The average Bonchev–Trinajstić information content (AvgIpc) is 3.30. The Kier molecular flexibility index (Phi) is 6.48. The van der Waals surface area contributed by atoms with Gasteiger partial charge in [-0.15, -0.1) is 0 Å². The first-order chi connectivity index (χ1) is 15.7. The highest BCUT2D eigenvalue weighted by atomic mass is 16.5. The van der Waals surface area contributed by atoms with Crippen molar-refractivity contribution in [1.29, 1.82) is 0 Å². The van der Waals surface area contributed by atoms with Gasteiger partial charge in [-0.25, -0.2) is 4.79 Å². The summed E-state index contributed by atoms with van der Waals surface area (Å²) in [5, 5.41) is 8.24. The van der Waals surface area contributed by atoms with Crippen LogP contribution < -0.4 is 20.7 Å². The van der Waals surface area contributed by atoms with Crippen molar-refractivity contribution in [1.82, 2.24) is 0 Å². The van der Waals surface area contributed by atoms with Gasteiger partial charge < -0.3 is 25.1 Å². The van der Waals surface area contributed by atoms with E-state index in [0.717, 1.165) is 5.75 Å². The normalized spacial score (nSPS) is 10.2. The summed E-state index contributed by atoms with van der Waals surface area (Å²) in [4.78, 5) is 24.5. The Morgan fingerprint density at radius 2 is 1.22 bits per heavy atom. The Labute approximate surface area is 185 Å². The molecule has 0 aliphatic carbocycles. The van der Waals surface area contributed by atoms with E-state index in [2.05, 4.69) is 16.0 Å². The Morgan fingerprint density at radius 1 is 0.656 bits per heavy atom. The molecule has 3 aromatic carbocycles. The Hall–Kier alpha value is -4.52. The molecule has 0 saturated carbocycles. The first-order valence-corrected chi connectivity index (χ1v) is 9.97. The van der Waals surface area contributed by atoms with Gasteiger partial charge in [0.05, 0.1) is 0 Å². The zero-order valence-electron chi connectivity index (χ0n) is 17.1. The van der Waals surface area contributed by atoms with Gasteiger partial charge in [-0.3, -0.25) is 4.79 Å². The number of ether oxygens (including phenoxy) is 1. The molecule has 1 aromatic heterocycles. The van der Waals surface area contributed by atoms with Crippen LogP contribution in [0.25, 0.3) is 0 Å². The van der Waals surface area contributed by atoms with Crippen molar-refractivity contribution >= 4 is 29.0 Å². The third kappa shape index (κ3) is 5.76. The van der Waals surface area contributed by atoms with Crippen LogP contribution in [0.2, 0.25) is 0 Å². The molecule has 0 atom stereocenters. The van der Waals surface area contributed by atoms with Crippen LogP contribution in [-0.2, 0) is 6.61 Å². The molecule has 160 valence electrons. The average molecular weight is 427 g/mol. The van der Waals surface area contributed by atoms with Gasteiger partial charge in [0.2, 0.25) is 0 Å². The van der Waals surface area contributed by atoms with E-state index in [1.807, 2.05) is 48.5 Å². The molecule has 0 unspecified atom stereocenters. The molecular formula is C25H21N3O4. The highest BCUT2D eigenvalue weighted by Crippen LogP contribution is 2.17. The number of carbonyl (C=O) groups excluding carboxylic acids is 2. The topological polar surface area (TPSA) is 92.6 Å². The number of anilines is 3. The fourth-order valence-electron chi connectivity index (χ4n) is 2.89. The number of benzene rings is 3. The van der Waals surface area contributed by atoms with Gasteiger partial charge in [0, 0.05) is 17.1 Å². The molecule has 7 nitrogen and oxygen atoms in total. The highest BCUT2D eigenvalue weighted by molar-refractivity contribution is 6.03. The second-order valence-corrected chi connectivity index (χ2v) is 6.84. The van der Waals surface area contributed by atoms with Gasteiger partial charge >= 0.3 is 6.03 Å². The number of carbonyl (C=O) groups is 2. The summed E-state index contributed by atoms with van der Waals surface area (Å²) < 4.78 is 11.2. The van der Waals surface area contributed by atoms with Crippen LogP contribution in [0.3, 0.4) is 0 Å². The third-order valence-corrected chi connectivity index (χ3v) is 4.44. The van der Waals surface area contributed by atoms with Crippen LogP contribution in [-0.4, -0.2) is 11.9 Å². The van der Waals surface area contributed by atoms with Crippen LogP contribution >= 0.6 is 0 Å². The molecule has 0 bridgehead atoms. The molecule has 7 heteroatoms. The number of nitrogens with one attached hydrogen (secondary N) is 3. The Bertz CT molecular complexity index is 1170. The summed E-state index contributed by atoms with van der Waals surface area (Å²) in [7, 11) is 0. The number of hydrogen-bond acceptors (Lipinski definition) is 4. The van der Waals surface area contributed by atoms with E-state index in [1.54, 1.807) is 48.5 Å². The van der Waals surface area contributed by atoms with Crippen LogP contribution in [0.4, 0.5) is 21.9 Å². The van der Waals surface area contributed by atoms with Crippen molar-refractivity contribution in [3.05, 3.63) is 109 Å². The van der Waals surface area contributed by atoms with E-state index >= 15 is 0 Å². The van der Waals surface area contributed by atoms with Crippen LogP contribution in [0.15, 0.2) is 101 Å². The minimum absolute atomic E-state index is 0.182. The molecule has 4 aromatic rings. The van der Waals surface area contributed by atoms with E-state index in [9.17, 15) is 9.59 Å². The molecule has 0 aliphatic rings. The lowest BCUT2D eigenvalue weighted by atomic mass is 10.2. The lowest BCUT2D eigenvalue weighted by Crippen LogP contribution is -2.19. The molecule has 0 radical (unpaired) electrons. The highest BCUT2D eigenvalue weighted by Gasteiger charge is 2.12. The number of amides is 3. The smallest absolute Gasteiger partial charge is 0.323 e. The van der Waals surface area contributed by atoms with Gasteiger partial charge in [-0.2, -0.15) is 0 Å². The summed E-state index contributed by atoms with van der Waals surface area (Å²) in [5.41, 5.74) is 1.86. The summed E-state index contributed by atoms with van der Waals surface area (Å²) in [6, 6.07) is 28.2. The van der Waals surface area contributed by atoms with E-state index in [4.69, 9.17) is 9.15 Å². The lowest BCUT2D eigenvalue weighted by Gasteiger charge is -2.09. The molecule has 0 fully saturated rings. The molecule has 0 spiro atoms. The molecule has 32 heavy (non-hydrogen) atoms. The van der Waals surface area contributed by atoms with Crippen molar-refractivity contribution in [3.63, 3.8) is 0 Å². The second kappa shape index (κ2) is 9.99. The molecule has 0 saturated heterocycles. The minimum Gasteiger partial charge on any atom is -0.486 e. The maximum absolute atomic E-state index is 12.4. The van der Waals surface area contributed by atoms with Crippen molar-refractivity contribution in [2.45, 2.75) is 6.61 Å². The zero-order chi connectivity index (χ0) is 22.2. The van der Waals surface area contributed by atoms with Crippen molar-refractivity contribution in [2.75, 3.05) is 16.0 Å². The third-order valence-electron chi connectivity index (χ3n) is 4.44. The molecule has 0 aliphatic heterocycles. The van der Waals surface area contributed by atoms with E-state index < -0.39 is 0 Å². The second-order valence-electron chi connectivity index (χ2n) is 6.84. The number of hydrogen-bond donors (Lipinski definition) is 3. The first-order valence-electron chi connectivity index (χ1n) is 9.97. The van der Waals surface area contributed by atoms with Crippen molar-refractivity contribution in [3.8, 4) is 5.75 Å². The molecule has 3 N–H and O–H groups in total. The van der Waals surface area contributed by atoms with Crippen molar-refractivity contribution < 1.29 is 18.7 Å². The van der Waals surface area contributed by atoms with Gasteiger partial charge in [-0.1, -0.05) is 36.4 Å². The number of para-hydroxylation sites is 2. The Morgan fingerprint density at radius 3 is 1.88 bits per heavy atom. The van der Waals surface area contributed by atoms with Crippen molar-refractivity contribution in [2.24, 2.45) is 0 Å². The number of rotatable bonds is 7. The first kappa shape index (κ1) is 20.7. The van der Waals surface area contributed by atoms with E-state index in [0.29, 0.717) is 22.8 Å². The van der Waals surface area contributed by atoms with E-state index in [-0.39, 0.29) is 24.3 Å². The summed E-state index contributed by atoms with van der Waals surface area (Å²) in [6.07, 6.45) is 0. The van der Waals surface area contributed by atoms with Crippen LogP contribution in [0, 0.1) is 0 Å². The summed E-state index contributed by atoms with van der Waals surface area (Å²) >= 11 is 0. The lowest BCUT2D eigenvalue weighted by molar-refractivity contribution is 0.0992. The standard InChI is InChI=1S/C25H21N3O4/c29-24(23-16-15-22(32-23)17-31-21-9-5-2-6-10-21)26-19-11-13-20(14-12-19)28-25(30)27-18-7-3-1-4-8-18/h1-16H,17H2,(H,26,29)(H2,27,28,30). The largest absolute Gasteiger partial charge is 0.486 e. The van der Waals surface area contributed by atoms with Gasteiger partial charge in [0.25, 0.3) is 5.91 Å². The van der Waals surface area contributed by atoms with Gasteiger partial charge in [0.15, 0.2) is 5.76 Å². The van der Waals surface area contributed by atoms with E-state index in [1.165, 1.54) is 0 Å². The number of furan rings is 1. The summed E-state index contributed by atoms with van der Waals surface area (Å²) in [6.45, 7) is 0.225. The quantitative estimate of drug-likeness (QED) is 0.350. The Balaban J connectivity index is 1.28. The SMILES string of the molecule is O=C(Nc1ccccc1)Nc1ccc(NC(=O)c2ccc(COc3ccccc3)o2)cc1. The molecule has 1 heterocycles. The zero-order valence-corrected chi connectivity index (χ0v) is 17.1. The fraction of sp³-hybridized carbons (Fsp3) is 0.0400. The predicted molar refractivity (Wildman–Crippen MR) is 123 cm³/mol. The van der Waals surface area contributed by atoms with Crippen LogP contribution in [0.1, 0.15) is 16.3 Å². The maximum Gasteiger partial charge on any atom is 0.323 e. The predicted octanol–water partition coefficient (Wildman–Crippen LogP) is 5.75. The van der Waals surface area contributed by atoms with Crippen LogP contribution in [0.5, 0.6) is 5.75 Å². The summed E-state index contributed by atoms with van der Waals surface area (Å²) in [5.74, 6) is 1.07. The van der Waals surface area contributed by atoms with Gasteiger partial charge in [0.1, 0.15) is 18.1 Å². The molecule has 3 amide bonds. The molecular weight excluding hydrogens is 406 g/mol. The van der Waals surface area contributed by atoms with Gasteiger partial charge in [-0.05, 0) is 60.7 Å². The molecule has 4 rings (SSSR count). The fourth-order valence-corrected chi connectivity index (χ4v) is 2.89.